The van der Waals surface area contributed by atoms with Gasteiger partial charge in [-0.1, -0.05) is 6.07 Å². The largest absolute Gasteiger partial charge is 0.508 e. The van der Waals surface area contributed by atoms with Crippen LogP contribution in [0, 0.1) is 5.82 Å². The van der Waals surface area contributed by atoms with Gasteiger partial charge in [-0.05, 0) is 66.7 Å². The number of halogens is 1. The van der Waals surface area contributed by atoms with E-state index in [-0.39, 0.29) is 22.8 Å². The molecule has 0 spiro atoms. The number of esters is 1. The van der Waals surface area contributed by atoms with Crippen LogP contribution in [0.2, 0.25) is 0 Å². The van der Waals surface area contributed by atoms with E-state index in [0.717, 1.165) is 6.07 Å². The maximum Gasteiger partial charge on any atom is 0.343 e. The van der Waals surface area contributed by atoms with Crippen molar-refractivity contribution in [2.45, 2.75) is 0 Å². The average Bonchev–Trinajstić information content (AvgIpc) is 2.62. The predicted octanol–water partition coefficient (Wildman–Crippen LogP) is 3.98. The predicted molar refractivity (Wildman–Crippen MR) is 89.3 cm³/mol. The minimum Gasteiger partial charge on any atom is -0.508 e. The summed E-state index contributed by atoms with van der Waals surface area (Å²) in [6.07, 6.45) is 0. The van der Waals surface area contributed by atoms with Gasteiger partial charge >= 0.3 is 5.97 Å². The molecule has 0 unspecified atom stereocenters. The van der Waals surface area contributed by atoms with Gasteiger partial charge in [0.25, 0.3) is 0 Å². The Morgan fingerprint density at radius 3 is 2.00 bits per heavy atom. The summed E-state index contributed by atoms with van der Waals surface area (Å²) in [4.78, 5) is 24.3. The Labute approximate surface area is 143 Å². The fraction of sp³-hybridized carbons (Fsp3) is 0. The number of benzene rings is 3. The van der Waals surface area contributed by atoms with Crippen LogP contribution >= 0.6 is 0 Å². The molecule has 0 saturated carbocycles. The number of rotatable bonds is 4. The van der Waals surface area contributed by atoms with Crippen molar-refractivity contribution >= 4 is 11.8 Å². The number of ether oxygens (including phenoxy) is 1. The Hall–Kier alpha value is -3.47. The molecule has 0 aromatic heterocycles. The maximum absolute atomic E-state index is 13.1. The molecule has 0 aliphatic rings. The minimum absolute atomic E-state index is 0.0798. The molecule has 3 aromatic carbocycles. The van der Waals surface area contributed by atoms with Crippen molar-refractivity contribution in [2.75, 3.05) is 0 Å². The first kappa shape index (κ1) is 16.4. The van der Waals surface area contributed by atoms with Crippen molar-refractivity contribution in [3.05, 3.63) is 95.3 Å². The lowest BCUT2D eigenvalue weighted by molar-refractivity contribution is 0.0734. The molecule has 124 valence electrons. The Balaban J connectivity index is 1.73. The van der Waals surface area contributed by atoms with Crippen LogP contribution in [0.15, 0.2) is 72.8 Å². The van der Waals surface area contributed by atoms with Crippen molar-refractivity contribution in [3.63, 3.8) is 0 Å². The first-order chi connectivity index (χ1) is 12.0. The molecule has 0 aliphatic heterocycles. The van der Waals surface area contributed by atoms with Gasteiger partial charge < -0.3 is 9.84 Å². The number of aromatic hydroxyl groups is 1. The second-order valence-corrected chi connectivity index (χ2v) is 5.30. The van der Waals surface area contributed by atoms with Crippen LogP contribution in [0.1, 0.15) is 26.3 Å². The minimum atomic E-state index is -0.683. The van der Waals surface area contributed by atoms with Gasteiger partial charge in [-0.25, -0.2) is 9.18 Å². The van der Waals surface area contributed by atoms with Gasteiger partial charge in [0.15, 0.2) is 5.78 Å². The molecule has 0 heterocycles. The monoisotopic (exact) mass is 336 g/mol. The summed E-state index contributed by atoms with van der Waals surface area (Å²) in [5.41, 5.74) is 0.947. The first-order valence-electron chi connectivity index (χ1n) is 7.44. The van der Waals surface area contributed by atoms with Crippen molar-refractivity contribution < 1.29 is 23.8 Å². The van der Waals surface area contributed by atoms with Gasteiger partial charge in [0, 0.05) is 11.1 Å². The quantitative estimate of drug-likeness (QED) is 0.445. The smallest absolute Gasteiger partial charge is 0.343 e. The zero-order valence-corrected chi connectivity index (χ0v) is 13.0. The molecule has 5 heteroatoms. The van der Waals surface area contributed by atoms with E-state index in [4.69, 9.17) is 4.74 Å². The molecular formula is C20H13FO4. The van der Waals surface area contributed by atoms with Crippen LogP contribution in [0.5, 0.6) is 11.5 Å². The summed E-state index contributed by atoms with van der Waals surface area (Å²) in [6, 6.07) is 17.2. The molecule has 0 amide bonds. The van der Waals surface area contributed by atoms with E-state index in [9.17, 15) is 19.1 Å². The number of carbonyl (C=O) groups excluding carboxylic acids is 2. The van der Waals surface area contributed by atoms with Crippen LogP contribution in [0.4, 0.5) is 4.39 Å². The summed E-state index contributed by atoms with van der Waals surface area (Å²) in [5, 5.41) is 9.26. The topological polar surface area (TPSA) is 63.6 Å². The van der Waals surface area contributed by atoms with Crippen LogP contribution in [0.25, 0.3) is 0 Å². The van der Waals surface area contributed by atoms with Crippen molar-refractivity contribution in [1.82, 2.24) is 0 Å². The lowest BCUT2D eigenvalue weighted by Crippen LogP contribution is -2.09. The van der Waals surface area contributed by atoms with Gasteiger partial charge in [-0.2, -0.15) is 0 Å². The number of ketones is 1. The molecule has 3 aromatic rings. The number of phenolic OH excluding ortho intramolecular Hbond substituents is 1. The fourth-order valence-electron chi connectivity index (χ4n) is 2.24. The fourth-order valence-corrected chi connectivity index (χ4v) is 2.24. The average molecular weight is 336 g/mol. The normalized spacial score (nSPS) is 10.3. The van der Waals surface area contributed by atoms with E-state index >= 15 is 0 Å². The molecule has 0 aliphatic carbocycles. The molecule has 0 saturated heterocycles. The highest BCUT2D eigenvalue weighted by Gasteiger charge is 2.12. The first-order valence-corrected chi connectivity index (χ1v) is 7.44. The van der Waals surface area contributed by atoms with Crippen LogP contribution in [0.3, 0.4) is 0 Å². The van der Waals surface area contributed by atoms with Crippen LogP contribution in [-0.4, -0.2) is 16.9 Å². The Kier molecular flexibility index (Phi) is 4.57. The van der Waals surface area contributed by atoms with E-state index in [1.807, 2.05) is 0 Å². The van der Waals surface area contributed by atoms with Crippen molar-refractivity contribution in [2.24, 2.45) is 0 Å². The summed E-state index contributed by atoms with van der Waals surface area (Å²) >= 11 is 0. The van der Waals surface area contributed by atoms with E-state index in [2.05, 4.69) is 0 Å². The zero-order valence-electron chi connectivity index (χ0n) is 13.0. The number of phenols is 1. The van der Waals surface area contributed by atoms with Crippen molar-refractivity contribution in [3.8, 4) is 11.5 Å². The standard InChI is InChI=1S/C20H13FO4/c21-16-3-1-2-15(12-16)20(24)25-18-10-6-14(7-11-18)19(23)13-4-8-17(22)9-5-13/h1-12,22H. The summed E-state index contributed by atoms with van der Waals surface area (Å²) < 4.78 is 18.3. The molecule has 25 heavy (non-hydrogen) atoms. The lowest BCUT2D eigenvalue weighted by Gasteiger charge is -2.06. The van der Waals surface area contributed by atoms with Crippen molar-refractivity contribution in [1.29, 1.82) is 0 Å². The van der Waals surface area contributed by atoms with Gasteiger partial charge in [-0.15, -0.1) is 0 Å². The molecule has 0 radical (unpaired) electrons. The highest BCUT2D eigenvalue weighted by Crippen LogP contribution is 2.18. The summed E-state index contributed by atoms with van der Waals surface area (Å²) in [7, 11) is 0. The maximum atomic E-state index is 13.1. The molecule has 3 rings (SSSR count). The lowest BCUT2D eigenvalue weighted by atomic mass is 10.0. The highest BCUT2D eigenvalue weighted by atomic mass is 19.1. The van der Waals surface area contributed by atoms with E-state index < -0.39 is 11.8 Å². The van der Waals surface area contributed by atoms with E-state index in [0.29, 0.717) is 11.1 Å². The van der Waals surface area contributed by atoms with Crippen LogP contribution < -0.4 is 4.74 Å². The zero-order chi connectivity index (χ0) is 17.8. The molecule has 0 fully saturated rings. The van der Waals surface area contributed by atoms with Gasteiger partial charge in [0.05, 0.1) is 5.56 Å². The Bertz CT molecular complexity index is 915. The summed E-state index contributed by atoms with van der Waals surface area (Å²) in [6.45, 7) is 0. The van der Waals surface area contributed by atoms with E-state index in [1.54, 1.807) is 0 Å². The van der Waals surface area contributed by atoms with Gasteiger partial charge in [0.2, 0.25) is 0 Å². The second-order valence-electron chi connectivity index (χ2n) is 5.30. The Morgan fingerprint density at radius 1 is 0.800 bits per heavy atom. The number of hydrogen-bond donors (Lipinski definition) is 1. The SMILES string of the molecule is O=C(Oc1ccc(C(=O)c2ccc(O)cc2)cc1)c1cccc(F)c1. The third-order valence-corrected chi connectivity index (χ3v) is 3.52. The number of carbonyl (C=O) groups is 2. The third-order valence-electron chi connectivity index (χ3n) is 3.52. The van der Waals surface area contributed by atoms with Crippen LogP contribution in [-0.2, 0) is 0 Å². The highest BCUT2D eigenvalue weighted by molar-refractivity contribution is 6.09. The third kappa shape index (κ3) is 3.90. The molecule has 4 nitrogen and oxygen atoms in total. The van der Waals surface area contributed by atoms with Gasteiger partial charge in [-0.3, -0.25) is 4.79 Å². The molecular weight excluding hydrogens is 323 g/mol. The molecule has 1 N–H and O–H groups in total. The molecule has 0 atom stereocenters. The Morgan fingerprint density at radius 2 is 1.40 bits per heavy atom. The summed E-state index contributed by atoms with van der Waals surface area (Å²) in [5.74, 6) is -1.10. The number of hydrogen-bond acceptors (Lipinski definition) is 4. The second kappa shape index (κ2) is 6.97. The van der Waals surface area contributed by atoms with Gasteiger partial charge in [0.1, 0.15) is 17.3 Å². The molecule has 0 bridgehead atoms. The van der Waals surface area contributed by atoms with E-state index in [1.165, 1.54) is 66.7 Å².